The second kappa shape index (κ2) is 13.7. The maximum Gasteiger partial charge on any atom is 0.250 e. The number of rotatable bonds is 10. The fraction of sp³-hybridized carbons (Fsp3) is 0.722. The molecule has 0 aromatic carbocycles. The number of likely N-dealkylation sites (tertiary alicyclic amines) is 1. The van der Waals surface area contributed by atoms with Crippen LogP contribution >= 0.6 is 35.3 Å². The highest BCUT2D eigenvalue weighted by Crippen LogP contribution is 2.16. The molecule has 0 radical (unpaired) electrons. The van der Waals surface area contributed by atoms with Crippen molar-refractivity contribution in [2.24, 2.45) is 4.99 Å². The molecule has 0 bridgehead atoms. The van der Waals surface area contributed by atoms with Gasteiger partial charge in [0.2, 0.25) is 10.0 Å². The Balaban J connectivity index is 0.00000392. The van der Waals surface area contributed by atoms with E-state index < -0.39 is 10.0 Å². The number of nitrogens with one attached hydrogen (secondary N) is 3. The molecule has 0 saturated carbocycles. The van der Waals surface area contributed by atoms with Crippen LogP contribution in [0.25, 0.3) is 0 Å². The molecule has 1 aromatic rings. The van der Waals surface area contributed by atoms with Crippen LogP contribution in [0.1, 0.15) is 39.5 Å². The third-order valence-corrected chi connectivity index (χ3v) is 7.49. The van der Waals surface area contributed by atoms with Gasteiger partial charge in [0.15, 0.2) is 5.96 Å². The molecule has 2 rings (SSSR count). The Bertz CT molecular complexity index is 668. The summed E-state index contributed by atoms with van der Waals surface area (Å²) in [4.78, 5) is 7.15. The number of thiophene rings is 1. The van der Waals surface area contributed by atoms with Gasteiger partial charge in [-0.25, -0.2) is 13.1 Å². The van der Waals surface area contributed by atoms with E-state index in [1.54, 1.807) is 17.5 Å². The number of hydrogen-bond donors (Lipinski definition) is 3. The van der Waals surface area contributed by atoms with E-state index in [4.69, 9.17) is 0 Å². The molecule has 1 unspecified atom stereocenters. The van der Waals surface area contributed by atoms with E-state index >= 15 is 0 Å². The predicted octanol–water partition coefficient (Wildman–Crippen LogP) is 2.46. The topological polar surface area (TPSA) is 85.8 Å². The summed E-state index contributed by atoms with van der Waals surface area (Å²) in [6.45, 7) is 8.96. The van der Waals surface area contributed by atoms with Crippen molar-refractivity contribution in [2.75, 3.05) is 39.3 Å². The lowest BCUT2D eigenvalue weighted by atomic mass is 10.0. The summed E-state index contributed by atoms with van der Waals surface area (Å²) < 4.78 is 27.1. The van der Waals surface area contributed by atoms with Crippen LogP contribution in [-0.4, -0.2) is 64.6 Å². The number of halogens is 1. The van der Waals surface area contributed by atoms with Crippen molar-refractivity contribution >= 4 is 51.3 Å². The largest absolute Gasteiger partial charge is 0.357 e. The van der Waals surface area contributed by atoms with Crippen molar-refractivity contribution in [3.8, 4) is 0 Å². The van der Waals surface area contributed by atoms with Gasteiger partial charge in [-0.1, -0.05) is 12.5 Å². The predicted molar refractivity (Wildman–Crippen MR) is 128 cm³/mol. The third kappa shape index (κ3) is 8.93. The molecule has 2 heterocycles. The molecule has 1 saturated heterocycles. The number of sulfonamides is 1. The second-order valence-electron chi connectivity index (χ2n) is 6.75. The fourth-order valence-corrected chi connectivity index (χ4v) is 5.22. The Morgan fingerprint density at radius 3 is 2.82 bits per heavy atom. The van der Waals surface area contributed by atoms with Crippen molar-refractivity contribution in [3.05, 3.63) is 17.5 Å². The lowest BCUT2D eigenvalue weighted by molar-refractivity contribution is 0.160. The van der Waals surface area contributed by atoms with Gasteiger partial charge in [0, 0.05) is 38.8 Å². The molecule has 0 aliphatic carbocycles. The molecule has 162 valence electrons. The number of aliphatic imine (C=N–C) groups is 1. The first-order valence-electron chi connectivity index (χ1n) is 9.82. The van der Waals surface area contributed by atoms with Crippen LogP contribution in [0.4, 0.5) is 0 Å². The monoisotopic (exact) mass is 543 g/mol. The summed E-state index contributed by atoms with van der Waals surface area (Å²) >= 11 is 1.22. The zero-order valence-electron chi connectivity index (χ0n) is 16.8. The Kier molecular flexibility index (Phi) is 12.6. The van der Waals surface area contributed by atoms with E-state index in [-0.39, 0.29) is 24.0 Å². The number of guanidine groups is 1. The third-order valence-electron chi connectivity index (χ3n) is 4.63. The lowest BCUT2D eigenvalue weighted by Gasteiger charge is -2.33. The van der Waals surface area contributed by atoms with Crippen LogP contribution in [0.3, 0.4) is 0 Å². The van der Waals surface area contributed by atoms with E-state index in [1.807, 2.05) is 6.92 Å². The molecule has 28 heavy (non-hydrogen) atoms. The molecule has 1 aliphatic rings. The van der Waals surface area contributed by atoms with Crippen molar-refractivity contribution in [1.29, 1.82) is 0 Å². The van der Waals surface area contributed by atoms with Gasteiger partial charge in [0.1, 0.15) is 4.21 Å². The van der Waals surface area contributed by atoms with Gasteiger partial charge in [-0.2, -0.15) is 0 Å². The maximum absolute atomic E-state index is 12.1. The van der Waals surface area contributed by atoms with Crippen LogP contribution in [0.15, 0.2) is 26.7 Å². The number of nitrogens with zero attached hydrogens (tertiary/aromatic N) is 2. The summed E-state index contributed by atoms with van der Waals surface area (Å²) in [6.07, 6.45) is 4.99. The minimum absolute atomic E-state index is 0. The summed E-state index contributed by atoms with van der Waals surface area (Å²) in [6, 6.07) is 4.03. The summed E-state index contributed by atoms with van der Waals surface area (Å²) in [5.74, 6) is 0.736. The van der Waals surface area contributed by atoms with Crippen LogP contribution < -0.4 is 15.4 Å². The van der Waals surface area contributed by atoms with E-state index in [0.29, 0.717) is 23.3 Å². The van der Waals surface area contributed by atoms with Gasteiger partial charge in [-0.3, -0.25) is 4.99 Å². The van der Waals surface area contributed by atoms with Gasteiger partial charge in [0.05, 0.1) is 0 Å². The number of hydrogen-bond acceptors (Lipinski definition) is 5. The minimum atomic E-state index is -3.40. The van der Waals surface area contributed by atoms with Crippen molar-refractivity contribution in [2.45, 2.75) is 49.8 Å². The SMILES string of the molecule is CCNC(=NCCCN1CCCCC1C)NCCNS(=O)(=O)c1cccs1.I. The molecule has 1 aromatic heterocycles. The summed E-state index contributed by atoms with van der Waals surface area (Å²) in [7, 11) is -3.40. The van der Waals surface area contributed by atoms with E-state index in [1.165, 1.54) is 37.1 Å². The molecule has 0 amide bonds. The molecule has 1 atom stereocenters. The molecule has 0 spiro atoms. The first-order valence-corrected chi connectivity index (χ1v) is 12.2. The minimum Gasteiger partial charge on any atom is -0.357 e. The molecule has 10 heteroatoms. The van der Waals surface area contributed by atoms with Gasteiger partial charge >= 0.3 is 0 Å². The zero-order valence-corrected chi connectivity index (χ0v) is 20.8. The van der Waals surface area contributed by atoms with E-state index in [2.05, 4.69) is 32.2 Å². The van der Waals surface area contributed by atoms with E-state index in [0.717, 1.165) is 32.0 Å². The van der Waals surface area contributed by atoms with Crippen LogP contribution in [0, 0.1) is 0 Å². The van der Waals surface area contributed by atoms with Gasteiger partial charge < -0.3 is 15.5 Å². The average Bonchev–Trinajstić information content (AvgIpc) is 3.19. The van der Waals surface area contributed by atoms with E-state index in [9.17, 15) is 8.42 Å². The first kappa shape index (κ1) is 25.6. The fourth-order valence-electron chi connectivity index (χ4n) is 3.15. The van der Waals surface area contributed by atoms with Crippen LogP contribution in [-0.2, 0) is 10.0 Å². The molecular formula is C18H34IN5O2S2. The highest BCUT2D eigenvalue weighted by atomic mass is 127. The number of piperidine rings is 1. The normalized spacial score (nSPS) is 18.5. The Hall–Kier alpha value is -0.430. The molecule has 7 nitrogen and oxygen atoms in total. The van der Waals surface area contributed by atoms with Crippen LogP contribution in [0.5, 0.6) is 0 Å². The van der Waals surface area contributed by atoms with Gasteiger partial charge in [-0.15, -0.1) is 35.3 Å². The quantitative estimate of drug-likeness (QED) is 0.183. The van der Waals surface area contributed by atoms with Crippen molar-refractivity contribution in [1.82, 2.24) is 20.3 Å². The standard InChI is InChI=1S/C18H33N5O2S2.HI/c1-3-19-18(20-10-7-14-23-13-5-4-8-16(23)2)21-11-12-22-27(24,25)17-9-6-15-26-17;/h6,9,15-16,22H,3-5,7-8,10-14H2,1-2H3,(H2,19,20,21);1H. The molecule has 1 fully saturated rings. The Morgan fingerprint density at radius 1 is 1.32 bits per heavy atom. The molecular weight excluding hydrogens is 509 g/mol. The Morgan fingerprint density at radius 2 is 2.14 bits per heavy atom. The average molecular weight is 544 g/mol. The first-order chi connectivity index (χ1) is 13.0. The summed E-state index contributed by atoms with van der Waals surface area (Å²) in [5.41, 5.74) is 0. The van der Waals surface area contributed by atoms with Crippen LogP contribution in [0.2, 0.25) is 0 Å². The zero-order chi connectivity index (χ0) is 19.5. The second-order valence-corrected chi connectivity index (χ2v) is 9.69. The van der Waals surface area contributed by atoms with Crippen molar-refractivity contribution < 1.29 is 8.42 Å². The van der Waals surface area contributed by atoms with Crippen molar-refractivity contribution in [3.63, 3.8) is 0 Å². The smallest absolute Gasteiger partial charge is 0.250 e. The molecule has 3 N–H and O–H groups in total. The van der Waals surface area contributed by atoms with Gasteiger partial charge in [0.25, 0.3) is 0 Å². The lowest BCUT2D eigenvalue weighted by Crippen LogP contribution is -2.41. The molecule has 1 aliphatic heterocycles. The Labute approximate surface area is 190 Å². The highest BCUT2D eigenvalue weighted by Gasteiger charge is 2.17. The van der Waals surface area contributed by atoms with Gasteiger partial charge in [-0.05, 0) is 51.1 Å². The maximum atomic E-state index is 12.1. The summed E-state index contributed by atoms with van der Waals surface area (Å²) in [5, 5.41) is 8.15. The highest BCUT2D eigenvalue weighted by molar-refractivity contribution is 14.0.